The van der Waals surface area contributed by atoms with Crippen molar-refractivity contribution in [2.45, 2.75) is 6.42 Å². The van der Waals surface area contributed by atoms with Crippen LogP contribution in [0.3, 0.4) is 0 Å². The van der Waals surface area contributed by atoms with Crippen molar-refractivity contribution in [3.8, 4) is 11.5 Å². The van der Waals surface area contributed by atoms with Gasteiger partial charge in [0.1, 0.15) is 11.5 Å². The molecule has 0 saturated carbocycles. The Labute approximate surface area is 129 Å². The van der Waals surface area contributed by atoms with Crippen LogP contribution in [0.5, 0.6) is 11.5 Å². The Kier molecular flexibility index (Phi) is 9.02. The lowest BCUT2D eigenvalue weighted by Crippen LogP contribution is -2.23. The van der Waals surface area contributed by atoms with Crippen LogP contribution in [0, 0.1) is 0 Å². The molecule has 5 nitrogen and oxygen atoms in total. The van der Waals surface area contributed by atoms with Gasteiger partial charge in [-0.25, -0.2) is 0 Å². The highest BCUT2D eigenvalue weighted by atomic mass is 127. The van der Waals surface area contributed by atoms with Gasteiger partial charge in [0.2, 0.25) is 0 Å². The van der Waals surface area contributed by atoms with Crippen LogP contribution in [-0.4, -0.2) is 33.4 Å². The van der Waals surface area contributed by atoms with Crippen LogP contribution in [0.1, 0.15) is 6.42 Å². The number of nitrogens with one attached hydrogen (secondary N) is 1. The first-order chi connectivity index (χ1) is 8.71. The van der Waals surface area contributed by atoms with Crippen molar-refractivity contribution in [2.24, 2.45) is 10.7 Å². The van der Waals surface area contributed by atoms with Crippen molar-refractivity contribution in [1.29, 1.82) is 0 Å². The fourth-order valence-electron chi connectivity index (χ4n) is 1.35. The van der Waals surface area contributed by atoms with E-state index >= 15 is 0 Å². The minimum absolute atomic E-state index is 0. The summed E-state index contributed by atoms with van der Waals surface area (Å²) in [7, 11) is 3.13. The molecule has 0 saturated heterocycles. The number of anilines is 1. The lowest BCUT2D eigenvalue weighted by atomic mass is 10.2. The first kappa shape index (κ1) is 17.8. The van der Waals surface area contributed by atoms with E-state index in [0.29, 0.717) is 30.2 Å². The van der Waals surface area contributed by atoms with Gasteiger partial charge in [0.25, 0.3) is 0 Å². The smallest absolute Gasteiger partial charge is 0.193 e. The quantitative estimate of drug-likeness (QED) is 0.343. The predicted octanol–water partition coefficient (Wildman–Crippen LogP) is 2.41. The summed E-state index contributed by atoms with van der Waals surface area (Å²) >= 11 is 0. The molecule has 0 atom stereocenters. The van der Waals surface area contributed by atoms with Crippen molar-refractivity contribution in [2.75, 3.05) is 32.8 Å². The highest BCUT2D eigenvalue weighted by Gasteiger charge is 2.05. The summed E-state index contributed by atoms with van der Waals surface area (Å²) in [4.78, 5) is 3.99. The molecule has 108 valence electrons. The number of alkyl halides is 1. The van der Waals surface area contributed by atoms with Crippen LogP contribution in [0.15, 0.2) is 23.2 Å². The maximum absolute atomic E-state index is 11.9. The van der Waals surface area contributed by atoms with Crippen LogP contribution >= 0.6 is 24.0 Å². The van der Waals surface area contributed by atoms with Gasteiger partial charge < -0.3 is 20.5 Å². The molecule has 0 aliphatic carbocycles. The van der Waals surface area contributed by atoms with Gasteiger partial charge in [-0.15, -0.1) is 24.0 Å². The van der Waals surface area contributed by atoms with E-state index in [1.54, 1.807) is 32.4 Å². The minimum Gasteiger partial charge on any atom is -0.497 e. The number of aliphatic imine (C=N–C) groups is 1. The second-order valence-electron chi connectivity index (χ2n) is 3.50. The Morgan fingerprint density at radius 1 is 1.37 bits per heavy atom. The molecule has 0 aliphatic rings. The average molecular weight is 383 g/mol. The van der Waals surface area contributed by atoms with Gasteiger partial charge in [-0.1, -0.05) is 0 Å². The highest BCUT2D eigenvalue weighted by Crippen LogP contribution is 2.28. The Morgan fingerprint density at radius 2 is 2.11 bits per heavy atom. The van der Waals surface area contributed by atoms with Gasteiger partial charge in [-0.05, 0) is 18.6 Å². The third kappa shape index (κ3) is 5.95. The summed E-state index contributed by atoms with van der Waals surface area (Å²) in [6.45, 7) is -0.0547. The number of hydrogen-bond acceptors (Lipinski definition) is 3. The third-order valence-corrected chi connectivity index (χ3v) is 2.24. The van der Waals surface area contributed by atoms with Crippen LogP contribution in [0.4, 0.5) is 10.1 Å². The fourth-order valence-corrected chi connectivity index (χ4v) is 1.35. The van der Waals surface area contributed by atoms with Gasteiger partial charge in [0, 0.05) is 12.6 Å². The molecule has 7 heteroatoms. The molecule has 0 radical (unpaired) electrons. The first-order valence-electron chi connectivity index (χ1n) is 5.56. The Morgan fingerprint density at radius 3 is 2.68 bits per heavy atom. The SMILES string of the molecule is COc1ccc(OC)c(NC(N)=NCCCF)c1.I. The molecule has 1 aromatic rings. The lowest BCUT2D eigenvalue weighted by Gasteiger charge is -2.12. The van der Waals surface area contributed by atoms with Crippen LogP contribution in [0.25, 0.3) is 0 Å². The summed E-state index contributed by atoms with van der Waals surface area (Å²) in [5.41, 5.74) is 6.33. The number of rotatable bonds is 6. The molecule has 0 spiro atoms. The molecule has 0 bridgehead atoms. The summed E-state index contributed by atoms with van der Waals surface area (Å²) in [6, 6.07) is 5.28. The standard InChI is InChI=1S/C12H18FN3O2.HI/c1-17-9-4-5-11(18-2)10(8-9)16-12(14)15-7-3-6-13;/h4-5,8H,3,6-7H2,1-2H3,(H3,14,15,16);1H. The predicted molar refractivity (Wildman–Crippen MR) is 85.7 cm³/mol. The Hall–Kier alpha value is -1.25. The van der Waals surface area contributed by atoms with Gasteiger partial charge in [-0.2, -0.15) is 0 Å². The normalized spacial score (nSPS) is 10.6. The second kappa shape index (κ2) is 9.65. The van der Waals surface area contributed by atoms with Crippen molar-refractivity contribution in [1.82, 2.24) is 0 Å². The summed E-state index contributed by atoms with van der Waals surface area (Å²) in [5, 5.41) is 2.90. The highest BCUT2D eigenvalue weighted by molar-refractivity contribution is 14.0. The summed E-state index contributed by atoms with van der Waals surface area (Å²) in [6.07, 6.45) is 0.359. The van der Waals surface area contributed by atoms with E-state index in [4.69, 9.17) is 15.2 Å². The van der Waals surface area contributed by atoms with E-state index in [1.807, 2.05) is 0 Å². The fraction of sp³-hybridized carbons (Fsp3) is 0.417. The molecule has 0 amide bonds. The van der Waals surface area contributed by atoms with E-state index < -0.39 is 6.67 Å². The van der Waals surface area contributed by atoms with Crippen molar-refractivity contribution >= 4 is 35.6 Å². The molecule has 1 rings (SSSR count). The van der Waals surface area contributed by atoms with E-state index in [-0.39, 0.29) is 29.9 Å². The molecule has 0 aliphatic heterocycles. The minimum atomic E-state index is -0.404. The van der Waals surface area contributed by atoms with Crippen LogP contribution in [0.2, 0.25) is 0 Å². The lowest BCUT2D eigenvalue weighted by molar-refractivity contribution is 0.405. The van der Waals surface area contributed by atoms with E-state index in [9.17, 15) is 4.39 Å². The number of nitrogens with zero attached hydrogens (tertiary/aromatic N) is 1. The molecular weight excluding hydrogens is 364 g/mol. The molecule has 19 heavy (non-hydrogen) atoms. The number of hydrogen-bond donors (Lipinski definition) is 2. The number of guanidine groups is 1. The van der Waals surface area contributed by atoms with Gasteiger partial charge in [0.05, 0.1) is 26.6 Å². The van der Waals surface area contributed by atoms with Crippen molar-refractivity contribution < 1.29 is 13.9 Å². The first-order valence-corrected chi connectivity index (χ1v) is 5.56. The van der Waals surface area contributed by atoms with Gasteiger partial charge in [-0.3, -0.25) is 9.38 Å². The summed E-state index contributed by atoms with van der Waals surface area (Å²) < 4.78 is 22.2. The van der Waals surface area contributed by atoms with E-state index in [0.717, 1.165) is 0 Å². The van der Waals surface area contributed by atoms with Crippen LogP contribution in [-0.2, 0) is 0 Å². The number of benzene rings is 1. The van der Waals surface area contributed by atoms with Crippen molar-refractivity contribution in [3.05, 3.63) is 18.2 Å². The Bertz CT molecular complexity index is 416. The number of methoxy groups -OCH3 is 2. The largest absolute Gasteiger partial charge is 0.497 e. The molecule has 0 fully saturated rings. The molecular formula is C12H19FIN3O2. The third-order valence-electron chi connectivity index (χ3n) is 2.24. The van der Waals surface area contributed by atoms with E-state index in [1.165, 1.54) is 0 Å². The van der Waals surface area contributed by atoms with Gasteiger partial charge in [0.15, 0.2) is 5.96 Å². The number of halogens is 2. The van der Waals surface area contributed by atoms with Crippen molar-refractivity contribution in [3.63, 3.8) is 0 Å². The van der Waals surface area contributed by atoms with Gasteiger partial charge >= 0.3 is 0 Å². The monoisotopic (exact) mass is 383 g/mol. The molecule has 0 unspecified atom stereocenters. The Balaban J connectivity index is 0.00000324. The topological polar surface area (TPSA) is 68.9 Å². The maximum Gasteiger partial charge on any atom is 0.193 e. The van der Waals surface area contributed by atoms with E-state index in [2.05, 4.69) is 10.3 Å². The zero-order chi connectivity index (χ0) is 13.4. The molecule has 0 aromatic heterocycles. The second-order valence-corrected chi connectivity index (χ2v) is 3.50. The summed E-state index contributed by atoms with van der Waals surface area (Å²) in [5.74, 6) is 1.52. The zero-order valence-corrected chi connectivity index (χ0v) is 13.3. The maximum atomic E-state index is 11.9. The number of nitrogens with two attached hydrogens (primary N) is 1. The molecule has 1 aromatic carbocycles. The molecule has 0 heterocycles. The van der Waals surface area contributed by atoms with Crippen LogP contribution < -0.4 is 20.5 Å². The average Bonchev–Trinajstić information content (AvgIpc) is 2.39. The molecule has 3 N–H and O–H groups in total. The zero-order valence-electron chi connectivity index (χ0n) is 11.0. The number of ether oxygens (including phenoxy) is 2.